The Morgan fingerprint density at radius 1 is 0.913 bits per heavy atom. The number of hydrogen-bond acceptors (Lipinski definition) is 3. The number of ether oxygens (including phenoxy) is 2. The molecule has 0 aromatic heterocycles. The Morgan fingerprint density at radius 3 is 2.26 bits per heavy atom. The van der Waals surface area contributed by atoms with Crippen LogP contribution in [0, 0.1) is 0 Å². The summed E-state index contributed by atoms with van der Waals surface area (Å²) in [5, 5.41) is 10.1. The predicted octanol–water partition coefficient (Wildman–Crippen LogP) is 4.05. The monoisotopic (exact) mass is 310 g/mol. The molecule has 1 saturated heterocycles. The van der Waals surface area contributed by atoms with Crippen LogP contribution in [0.15, 0.2) is 54.6 Å². The highest BCUT2D eigenvalue weighted by molar-refractivity contribution is 5.38. The van der Waals surface area contributed by atoms with Gasteiger partial charge >= 0.3 is 0 Å². The van der Waals surface area contributed by atoms with E-state index in [9.17, 15) is 5.11 Å². The first-order valence-electron chi connectivity index (χ1n) is 8.32. The number of benzene rings is 2. The van der Waals surface area contributed by atoms with Gasteiger partial charge in [-0.2, -0.15) is 0 Å². The molecule has 3 nitrogen and oxygen atoms in total. The fourth-order valence-corrected chi connectivity index (χ4v) is 3.63. The van der Waals surface area contributed by atoms with Crippen molar-refractivity contribution in [2.75, 3.05) is 13.2 Å². The highest BCUT2D eigenvalue weighted by atomic mass is 16.6. The second kappa shape index (κ2) is 5.66. The lowest BCUT2D eigenvalue weighted by Gasteiger charge is -2.38. The molecule has 0 amide bonds. The zero-order chi connectivity index (χ0) is 15.8. The number of aliphatic hydroxyl groups is 1. The number of hydrogen-bond donors (Lipinski definition) is 1. The average Bonchev–Trinajstić information content (AvgIpc) is 3.37. The van der Waals surface area contributed by atoms with E-state index in [2.05, 4.69) is 12.1 Å². The van der Waals surface area contributed by atoms with Gasteiger partial charge in [0.25, 0.3) is 0 Å². The van der Waals surface area contributed by atoms with Crippen LogP contribution in [-0.4, -0.2) is 23.9 Å². The van der Waals surface area contributed by atoms with Gasteiger partial charge in [-0.25, -0.2) is 0 Å². The van der Waals surface area contributed by atoms with Gasteiger partial charge in [0, 0.05) is 5.41 Å². The van der Waals surface area contributed by atoms with Gasteiger partial charge in [-0.15, -0.1) is 0 Å². The Bertz CT molecular complexity index is 666. The Morgan fingerprint density at radius 2 is 1.61 bits per heavy atom. The standard InChI is InChI=1S/C20H22O3/c21-14-19(9-11-20(12-10-19)15-22-20)16-5-4-8-18(13-16)23-17-6-2-1-3-7-17/h1-8,13,21H,9-12,14-15H2. The van der Waals surface area contributed by atoms with E-state index in [1.807, 2.05) is 42.5 Å². The lowest BCUT2D eigenvalue weighted by molar-refractivity contribution is 0.111. The first kappa shape index (κ1) is 14.7. The number of epoxide rings is 1. The predicted molar refractivity (Wildman–Crippen MR) is 88.9 cm³/mol. The van der Waals surface area contributed by atoms with Crippen LogP contribution in [-0.2, 0) is 10.2 Å². The average molecular weight is 310 g/mol. The van der Waals surface area contributed by atoms with Crippen molar-refractivity contribution in [1.29, 1.82) is 0 Å². The van der Waals surface area contributed by atoms with Gasteiger partial charge in [0.15, 0.2) is 0 Å². The van der Waals surface area contributed by atoms with Crippen molar-refractivity contribution in [1.82, 2.24) is 0 Å². The zero-order valence-electron chi connectivity index (χ0n) is 13.2. The molecule has 0 atom stereocenters. The second-order valence-corrected chi connectivity index (χ2v) is 6.85. The maximum absolute atomic E-state index is 10.1. The van der Waals surface area contributed by atoms with Crippen molar-refractivity contribution in [2.24, 2.45) is 0 Å². The summed E-state index contributed by atoms with van der Waals surface area (Å²) in [6, 6.07) is 18.0. The molecular weight excluding hydrogens is 288 g/mol. The van der Waals surface area contributed by atoms with Crippen molar-refractivity contribution < 1.29 is 14.6 Å². The van der Waals surface area contributed by atoms with E-state index in [-0.39, 0.29) is 17.6 Å². The summed E-state index contributed by atoms with van der Waals surface area (Å²) in [5.74, 6) is 1.65. The molecule has 2 aliphatic rings. The maximum Gasteiger partial charge on any atom is 0.127 e. The van der Waals surface area contributed by atoms with Gasteiger partial charge in [0.2, 0.25) is 0 Å². The first-order chi connectivity index (χ1) is 11.2. The van der Waals surface area contributed by atoms with Crippen LogP contribution in [0.1, 0.15) is 31.2 Å². The lowest BCUT2D eigenvalue weighted by Crippen LogP contribution is -2.38. The third-order valence-electron chi connectivity index (χ3n) is 5.40. The van der Waals surface area contributed by atoms with E-state index in [1.165, 1.54) is 5.56 Å². The summed E-state index contributed by atoms with van der Waals surface area (Å²) in [6.07, 6.45) is 4.02. The van der Waals surface area contributed by atoms with Crippen LogP contribution in [0.3, 0.4) is 0 Å². The van der Waals surface area contributed by atoms with Crippen LogP contribution >= 0.6 is 0 Å². The van der Waals surface area contributed by atoms with E-state index < -0.39 is 0 Å². The van der Waals surface area contributed by atoms with Gasteiger partial charge in [-0.1, -0.05) is 30.3 Å². The number of aliphatic hydroxyl groups excluding tert-OH is 1. The summed E-state index contributed by atoms with van der Waals surface area (Å²) < 4.78 is 11.6. The Kier molecular flexibility index (Phi) is 3.63. The molecule has 120 valence electrons. The Labute approximate surface area is 136 Å². The number of para-hydroxylation sites is 1. The van der Waals surface area contributed by atoms with Gasteiger partial charge in [-0.3, -0.25) is 0 Å². The van der Waals surface area contributed by atoms with Crippen LogP contribution in [0.25, 0.3) is 0 Å². The molecule has 4 rings (SSSR count). The van der Waals surface area contributed by atoms with Crippen molar-refractivity contribution in [2.45, 2.75) is 36.7 Å². The molecule has 1 N–H and O–H groups in total. The molecule has 0 unspecified atom stereocenters. The van der Waals surface area contributed by atoms with Crippen LogP contribution in [0.5, 0.6) is 11.5 Å². The minimum absolute atomic E-state index is 0.136. The topological polar surface area (TPSA) is 42.0 Å². The molecule has 1 aliphatic heterocycles. The van der Waals surface area contributed by atoms with Gasteiger partial charge < -0.3 is 14.6 Å². The fourth-order valence-electron chi connectivity index (χ4n) is 3.63. The van der Waals surface area contributed by atoms with Crippen LogP contribution in [0.4, 0.5) is 0 Å². The highest BCUT2D eigenvalue weighted by Gasteiger charge is 2.51. The highest BCUT2D eigenvalue weighted by Crippen LogP contribution is 2.50. The molecule has 3 heteroatoms. The smallest absolute Gasteiger partial charge is 0.127 e. The summed E-state index contributed by atoms with van der Waals surface area (Å²) >= 11 is 0. The van der Waals surface area contributed by atoms with E-state index in [1.54, 1.807) is 0 Å². The molecule has 0 bridgehead atoms. The number of rotatable bonds is 4. The van der Waals surface area contributed by atoms with Crippen molar-refractivity contribution in [3.63, 3.8) is 0 Å². The summed E-state index contributed by atoms with van der Waals surface area (Å²) in [5.41, 5.74) is 1.15. The summed E-state index contributed by atoms with van der Waals surface area (Å²) in [7, 11) is 0. The normalized spacial score (nSPS) is 29.4. The molecule has 2 aromatic rings. The van der Waals surface area contributed by atoms with Crippen LogP contribution in [0.2, 0.25) is 0 Å². The van der Waals surface area contributed by atoms with Gasteiger partial charge in [0.05, 0.1) is 18.8 Å². The minimum atomic E-state index is -0.159. The van der Waals surface area contributed by atoms with E-state index in [0.717, 1.165) is 43.8 Å². The molecule has 2 aromatic carbocycles. The summed E-state index contributed by atoms with van der Waals surface area (Å²) in [6.45, 7) is 1.07. The fraction of sp³-hybridized carbons (Fsp3) is 0.400. The minimum Gasteiger partial charge on any atom is -0.457 e. The van der Waals surface area contributed by atoms with Gasteiger partial charge in [0.1, 0.15) is 11.5 Å². The molecule has 1 aliphatic carbocycles. The van der Waals surface area contributed by atoms with E-state index >= 15 is 0 Å². The quantitative estimate of drug-likeness (QED) is 0.866. The Balaban J connectivity index is 1.57. The largest absolute Gasteiger partial charge is 0.457 e. The molecule has 23 heavy (non-hydrogen) atoms. The molecular formula is C20H22O3. The third-order valence-corrected chi connectivity index (χ3v) is 5.40. The molecule has 1 heterocycles. The Hall–Kier alpha value is -1.84. The maximum atomic E-state index is 10.1. The van der Waals surface area contributed by atoms with Crippen molar-refractivity contribution in [3.8, 4) is 11.5 Å². The SMILES string of the molecule is OCC1(c2cccc(Oc3ccccc3)c2)CCC2(CC1)CO2. The second-order valence-electron chi connectivity index (χ2n) is 6.85. The van der Waals surface area contributed by atoms with E-state index in [0.29, 0.717) is 0 Å². The van der Waals surface area contributed by atoms with Crippen molar-refractivity contribution in [3.05, 3.63) is 60.2 Å². The zero-order valence-corrected chi connectivity index (χ0v) is 13.2. The first-order valence-corrected chi connectivity index (χ1v) is 8.32. The molecule has 2 fully saturated rings. The molecule has 1 saturated carbocycles. The van der Waals surface area contributed by atoms with E-state index in [4.69, 9.17) is 9.47 Å². The van der Waals surface area contributed by atoms with Crippen LogP contribution < -0.4 is 4.74 Å². The van der Waals surface area contributed by atoms with Crippen molar-refractivity contribution >= 4 is 0 Å². The summed E-state index contributed by atoms with van der Waals surface area (Å²) in [4.78, 5) is 0. The third kappa shape index (κ3) is 2.87. The molecule has 1 spiro atoms. The lowest BCUT2D eigenvalue weighted by atomic mass is 9.67. The molecule has 0 radical (unpaired) electrons. The van der Waals surface area contributed by atoms with Gasteiger partial charge in [-0.05, 0) is 55.5 Å².